The minimum absolute atomic E-state index is 0.0696. The monoisotopic (exact) mass is 280 g/mol. The van der Waals surface area contributed by atoms with E-state index in [9.17, 15) is 4.79 Å². The normalized spacial score (nSPS) is 9.56. The van der Waals surface area contributed by atoms with Crippen molar-refractivity contribution < 1.29 is 4.79 Å². The number of carbonyl (C=O) groups excluding carboxylic acids is 1. The van der Waals surface area contributed by atoms with Gasteiger partial charge in [0.1, 0.15) is 4.60 Å². The Kier molecular flexibility index (Phi) is 4.92. The number of rotatable bonds is 5. The van der Waals surface area contributed by atoms with Crippen molar-refractivity contribution in [3.8, 4) is 0 Å². The van der Waals surface area contributed by atoms with E-state index in [1.165, 1.54) is 0 Å². The van der Waals surface area contributed by atoms with Crippen molar-refractivity contribution in [1.29, 1.82) is 0 Å². The number of aromatic nitrogens is 1. The average molecular weight is 281 g/mol. The van der Waals surface area contributed by atoms with E-state index in [0.29, 0.717) is 23.3 Å². The molecule has 0 saturated heterocycles. The molecule has 0 spiro atoms. The third kappa shape index (κ3) is 3.31. The lowest BCUT2D eigenvalue weighted by Gasteiger charge is -2.18. The van der Waals surface area contributed by atoms with Crippen LogP contribution in [0.5, 0.6) is 0 Å². The molecule has 1 rings (SSSR count). The van der Waals surface area contributed by atoms with Gasteiger partial charge in [0.15, 0.2) is 0 Å². The lowest BCUT2D eigenvalue weighted by Crippen LogP contribution is -2.31. The second-order valence-corrected chi connectivity index (χ2v) is 3.97. The summed E-state index contributed by atoms with van der Waals surface area (Å²) in [6.07, 6.45) is 4.92. The molecular formula is C12H13BrN2O. The summed E-state index contributed by atoms with van der Waals surface area (Å²) < 4.78 is 0.711. The summed E-state index contributed by atoms with van der Waals surface area (Å²) >= 11 is 3.22. The van der Waals surface area contributed by atoms with E-state index in [2.05, 4.69) is 34.1 Å². The predicted molar refractivity (Wildman–Crippen MR) is 68.2 cm³/mol. The number of nitrogens with zero attached hydrogens (tertiary/aromatic N) is 2. The number of amides is 1. The molecule has 0 aromatic carbocycles. The van der Waals surface area contributed by atoms with Crippen molar-refractivity contribution in [2.75, 3.05) is 13.1 Å². The molecule has 1 heterocycles. The number of pyridine rings is 1. The maximum absolute atomic E-state index is 12.0. The molecule has 0 N–H and O–H groups in total. The Bertz CT molecular complexity index is 377. The number of hydrogen-bond donors (Lipinski definition) is 0. The van der Waals surface area contributed by atoms with Gasteiger partial charge < -0.3 is 4.90 Å². The molecule has 0 atom stereocenters. The summed E-state index contributed by atoms with van der Waals surface area (Å²) in [6, 6.07) is 3.48. The zero-order valence-electron chi connectivity index (χ0n) is 8.90. The molecule has 0 saturated carbocycles. The summed E-state index contributed by atoms with van der Waals surface area (Å²) in [5.41, 5.74) is 0.562. The first-order chi connectivity index (χ1) is 7.69. The van der Waals surface area contributed by atoms with Crippen molar-refractivity contribution in [2.24, 2.45) is 0 Å². The van der Waals surface area contributed by atoms with Crippen LogP contribution in [0.3, 0.4) is 0 Å². The molecule has 1 amide bonds. The minimum atomic E-state index is -0.0696. The van der Waals surface area contributed by atoms with Crippen LogP contribution < -0.4 is 0 Å². The standard InChI is InChI=1S/C12H13BrN2O/c1-3-7-15(8-4-2)12(16)10-5-6-11(13)14-9-10/h3-6,9H,1-2,7-8H2. The van der Waals surface area contributed by atoms with Crippen molar-refractivity contribution in [1.82, 2.24) is 9.88 Å². The topological polar surface area (TPSA) is 33.2 Å². The van der Waals surface area contributed by atoms with Crippen LogP contribution in [0, 0.1) is 0 Å². The van der Waals surface area contributed by atoms with Crippen molar-refractivity contribution in [3.63, 3.8) is 0 Å². The van der Waals surface area contributed by atoms with Crippen LogP contribution >= 0.6 is 15.9 Å². The van der Waals surface area contributed by atoms with Crippen LogP contribution in [0.25, 0.3) is 0 Å². The maximum Gasteiger partial charge on any atom is 0.255 e. The molecule has 0 aliphatic heterocycles. The molecule has 1 aromatic rings. The van der Waals surface area contributed by atoms with Gasteiger partial charge in [0.2, 0.25) is 0 Å². The van der Waals surface area contributed by atoms with Crippen molar-refractivity contribution in [3.05, 3.63) is 53.8 Å². The van der Waals surface area contributed by atoms with E-state index < -0.39 is 0 Å². The van der Waals surface area contributed by atoms with Gasteiger partial charge in [-0.25, -0.2) is 4.98 Å². The van der Waals surface area contributed by atoms with E-state index in [4.69, 9.17) is 0 Å². The zero-order valence-corrected chi connectivity index (χ0v) is 10.5. The molecule has 16 heavy (non-hydrogen) atoms. The van der Waals surface area contributed by atoms with Gasteiger partial charge in [-0.2, -0.15) is 0 Å². The summed E-state index contributed by atoms with van der Waals surface area (Å²) in [7, 11) is 0. The molecule has 0 aliphatic carbocycles. The molecule has 0 bridgehead atoms. The molecule has 3 nitrogen and oxygen atoms in total. The number of halogens is 1. The second-order valence-electron chi connectivity index (χ2n) is 3.16. The van der Waals surface area contributed by atoms with Crippen LogP contribution in [-0.2, 0) is 0 Å². The third-order valence-electron chi connectivity index (χ3n) is 1.96. The molecule has 84 valence electrons. The van der Waals surface area contributed by atoms with Crippen LogP contribution in [0.1, 0.15) is 10.4 Å². The average Bonchev–Trinajstić information content (AvgIpc) is 2.29. The summed E-state index contributed by atoms with van der Waals surface area (Å²) in [6.45, 7) is 8.25. The fourth-order valence-electron chi connectivity index (χ4n) is 1.24. The summed E-state index contributed by atoms with van der Waals surface area (Å²) in [5.74, 6) is -0.0696. The SMILES string of the molecule is C=CCN(CC=C)C(=O)c1ccc(Br)nc1. The highest BCUT2D eigenvalue weighted by atomic mass is 79.9. The Labute approximate surface area is 104 Å². The van der Waals surface area contributed by atoms with Crippen LogP contribution in [0.15, 0.2) is 48.2 Å². The molecule has 0 aliphatic rings. The number of carbonyl (C=O) groups is 1. The van der Waals surface area contributed by atoms with Crippen LogP contribution in [-0.4, -0.2) is 28.9 Å². The first-order valence-corrected chi connectivity index (χ1v) is 5.61. The highest BCUT2D eigenvalue weighted by Gasteiger charge is 2.13. The Morgan fingerprint density at radius 1 is 1.38 bits per heavy atom. The number of hydrogen-bond acceptors (Lipinski definition) is 2. The third-order valence-corrected chi connectivity index (χ3v) is 2.43. The van der Waals surface area contributed by atoms with E-state index in [-0.39, 0.29) is 5.91 Å². The van der Waals surface area contributed by atoms with E-state index in [0.717, 1.165) is 0 Å². The first-order valence-electron chi connectivity index (χ1n) is 4.81. The van der Waals surface area contributed by atoms with Gasteiger partial charge >= 0.3 is 0 Å². The second kappa shape index (κ2) is 6.23. The van der Waals surface area contributed by atoms with Crippen molar-refractivity contribution >= 4 is 21.8 Å². The predicted octanol–water partition coefficient (Wildman–Crippen LogP) is 2.66. The summed E-state index contributed by atoms with van der Waals surface area (Å²) in [5, 5.41) is 0. The largest absolute Gasteiger partial charge is 0.331 e. The lowest BCUT2D eigenvalue weighted by molar-refractivity contribution is 0.0790. The van der Waals surface area contributed by atoms with Gasteiger partial charge in [-0.3, -0.25) is 4.79 Å². The molecule has 4 heteroatoms. The first kappa shape index (κ1) is 12.6. The van der Waals surface area contributed by atoms with Crippen LogP contribution in [0.4, 0.5) is 0 Å². The van der Waals surface area contributed by atoms with Gasteiger partial charge in [0.25, 0.3) is 5.91 Å². The zero-order chi connectivity index (χ0) is 12.0. The Hall–Kier alpha value is -1.42. The Morgan fingerprint density at radius 2 is 2.00 bits per heavy atom. The van der Waals surface area contributed by atoms with E-state index in [1.807, 2.05) is 0 Å². The molecule has 0 fully saturated rings. The van der Waals surface area contributed by atoms with Gasteiger partial charge in [-0.15, -0.1) is 13.2 Å². The van der Waals surface area contributed by atoms with E-state index in [1.54, 1.807) is 35.4 Å². The van der Waals surface area contributed by atoms with Gasteiger partial charge in [0.05, 0.1) is 5.56 Å². The van der Waals surface area contributed by atoms with E-state index >= 15 is 0 Å². The fourth-order valence-corrected chi connectivity index (χ4v) is 1.47. The summed E-state index contributed by atoms with van der Waals surface area (Å²) in [4.78, 5) is 17.7. The van der Waals surface area contributed by atoms with Gasteiger partial charge in [-0.05, 0) is 28.1 Å². The molecule has 0 radical (unpaired) electrons. The lowest BCUT2D eigenvalue weighted by atomic mass is 10.2. The molecule has 1 aromatic heterocycles. The van der Waals surface area contributed by atoms with Gasteiger partial charge in [0, 0.05) is 19.3 Å². The highest BCUT2D eigenvalue weighted by molar-refractivity contribution is 9.10. The van der Waals surface area contributed by atoms with Crippen LogP contribution in [0.2, 0.25) is 0 Å². The molecule has 0 unspecified atom stereocenters. The Balaban J connectivity index is 2.84. The highest BCUT2D eigenvalue weighted by Crippen LogP contribution is 2.09. The fraction of sp³-hybridized carbons (Fsp3) is 0.167. The smallest absolute Gasteiger partial charge is 0.255 e. The van der Waals surface area contributed by atoms with Crippen molar-refractivity contribution in [2.45, 2.75) is 0 Å². The Morgan fingerprint density at radius 3 is 2.44 bits per heavy atom. The van der Waals surface area contributed by atoms with Gasteiger partial charge in [-0.1, -0.05) is 12.2 Å². The quantitative estimate of drug-likeness (QED) is 0.614. The minimum Gasteiger partial charge on any atom is -0.331 e. The maximum atomic E-state index is 12.0. The molecular weight excluding hydrogens is 268 g/mol.